The summed E-state index contributed by atoms with van der Waals surface area (Å²) in [6, 6.07) is 0. The van der Waals surface area contributed by atoms with Gasteiger partial charge in [0.2, 0.25) is 0 Å². The van der Waals surface area contributed by atoms with Crippen molar-refractivity contribution >= 4 is 16.5 Å². The average molecular weight is 231 g/mol. The van der Waals surface area contributed by atoms with Gasteiger partial charge in [-0.15, -0.1) is 0 Å². The molecule has 0 aromatic carbocycles. The van der Waals surface area contributed by atoms with Gasteiger partial charge >= 0.3 is 17.1 Å². The first-order valence-electron chi connectivity index (χ1n) is 3.50. The van der Waals surface area contributed by atoms with Crippen molar-refractivity contribution in [3.8, 4) is 0 Å². The third-order valence-corrected chi connectivity index (χ3v) is 0. The van der Waals surface area contributed by atoms with Gasteiger partial charge in [-0.3, -0.25) is 0 Å². The Morgan fingerprint density at radius 1 is 0.636 bits per heavy atom. The molecule has 1 radical (unpaired) electrons. The summed E-state index contributed by atoms with van der Waals surface area (Å²) in [6.07, 6.45) is 0. The van der Waals surface area contributed by atoms with Crippen molar-refractivity contribution in [1.82, 2.24) is 0 Å². The minimum absolute atomic E-state index is 0. The second-order valence-electron chi connectivity index (χ2n) is 4.50. The van der Waals surface area contributed by atoms with Crippen LogP contribution in [0.3, 0.4) is 0 Å². The fourth-order valence-electron chi connectivity index (χ4n) is 0. The molecule has 0 amide bonds. The first-order valence-corrected chi connectivity index (χ1v) is 10.5. The minimum Gasteiger partial charge on any atom is -0.680 e. The van der Waals surface area contributed by atoms with E-state index in [1.165, 1.54) is 0 Å². The van der Waals surface area contributed by atoms with Crippen molar-refractivity contribution in [1.29, 1.82) is 0 Å². The van der Waals surface area contributed by atoms with E-state index in [9.17, 15) is 0 Å². The minimum atomic E-state index is -1.36. The van der Waals surface area contributed by atoms with Crippen molar-refractivity contribution in [3.63, 3.8) is 0 Å². The molecule has 0 atom stereocenters. The van der Waals surface area contributed by atoms with Crippen LogP contribution in [-0.2, 0) is 17.1 Å². The number of rotatable bonds is 0. The van der Waals surface area contributed by atoms with Crippen LogP contribution in [0.5, 0.6) is 0 Å². The van der Waals surface area contributed by atoms with E-state index in [1.54, 1.807) is 0 Å². The fourth-order valence-corrected chi connectivity index (χ4v) is 0. The quantitative estimate of drug-likeness (QED) is 0.570. The van der Waals surface area contributed by atoms with Crippen LogP contribution in [0.2, 0.25) is 39.3 Å². The molecule has 0 aromatic rings. The number of hydrogen-bond donors (Lipinski definition) is 0. The van der Waals surface area contributed by atoms with Crippen LogP contribution >= 0.6 is 0 Å². The molecule has 0 spiro atoms. The Labute approximate surface area is 83.8 Å². The Morgan fingerprint density at radius 2 is 0.636 bits per heavy atom. The maximum absolute atomic E-state index is 7.08. The molecule has 0 rings (SSSR count). The molecule has 5 heteroatoms. The van der Waals surface area contributed by atoms with Gasteiger partial charge in [0.25, 0.3) is 0 Å². The predicted molar refractivity (Wildman–Crippen MR) is 55.3 cm³/mol. The molecule has 0 aliphatic heterocycles. The number of hydrogen-bond acceptors (Lipinski definition) is 0. The van der Waals surface area contributed by atoms with Gasteiger partial charge in [-0.2, -0.15) is 0 Å². The maximum atomic E-state index is 7.08. The molecular formula is C6H20MnN2Si2. The summed E-state index contributed by atoms with van der Waals surface area (Å²) in [6.45, 7) is 12.0. The summed E-state index contributed by atoms with van der Waals surface area (Å²) >= 11 is 0. The van der Waals surface area contributed by atoms with Crippen LogP contribution in [0.1, 0.15) is 0 Å². The topological polar surface area (TPSA) is 47.6 Å². The molecular weight excluding hydrogens is 211 g/mol. The zero-order valence-electron chi connectivity index (χ0n) is 8.38. The van der Waals surface area contributed by atoms with E-state index in [4.69, 9.17) is 10.8 Å². The van der Waals surface area contributed by atoms with Crippen molar-refractivity contribution in [2.75, 3.05) is 0 Å². The summed E-state index contributed by atoms with van der Waals surface area (Å²) in [4.78, 5) is 0. The number of nitrogens with one attached hydrogen (secondary N) is 2. The van der Waals surface area contributed by atoms with Crippen LogP contribution in [0, 0.1) is 0 Å². The zero-order valence-corrected chi connectivity index (χ0v) is 11.6. The van der Waals surface area contributed by atoms with E-state index < -0.39 is 16.5 Å². The Hall–Kier alpha value is 0.873. The summed E-state index contributed by atoms with van der Waals surface area (Å²) < 4.78 is 0. The van der Waals surface area contributed by atoms with Crippen molar-refractivity contribution < 1.29 is 17.1 Å². The van der Waals surface area contributed by atoms with Gasteiger partial charge in [-0.1, -0.05) is 55.8 Å². The van der Waals surface area contributed by atoms with E-state index in [1.807, 2.05) is 39.3 Å². The smallest absolute Gasteiger partial charge is 0.680 e. The van der Waals surface area contributed by atoms with Crippen LogP contribution in [0.4, 0.5) is 0 Å². The average Bonchev–Trinajstić information content (AvgIpc) is 1.12. The zero-order chi connectivity index (χ0) is 9.00. The van der Waals surface area contributed by atoms with E-state index in [0.29, 0.717) is 0 Å². The molecule has 2 nitrogen and oxygen atoms in total. The SMILES string of the molecule is C[Si](C)(C)[NH-].C[Si](C)(C)[NH-].[Mn+2]. The normalized spacial score (nSPS) is 10.9. The van der Waals surface area contributed by atoms with E-state index in [2.05, 4.69) is 0 Å². The van der Waals surface area contributed by atoms with Crippen LogP contribution in [0.15, 0.2) is 0 Å². The first kappa shape index (κ1) is 17.8. The molecule has 0 bridgehead atoms. The van der Waals surface area contributed by atoms with Gasteiger partial charge < -0.3 is 10.8 Å². The van der Waals surface area contributed by atoms with Gasteiger partial charge in [0.1, 0.15) is 0 Å². The summed E-state index contributed by atoms with van der Waals surface area (Å²) in [5.74, 6) is 0. The van der Waals surface area contributed by atoms with E-state index in [0.717, 1.165) is 0 Å². The third-order valence-electron chi connectivity index (χ3n) is 0. The van der Waals surface area contributed by atoms with E-state index >= 15 is 0 Å². The van der Waals surface area contributed by atoms with Crippen molar-refractivity contribution in [2.24, 2.45) is 0 Å². The van der Waals surface area contributed by atoms with Crippen LogP contribution < -0.4 is 0 Å². The summed E-state index contributed by atoms with van der Waals surface area (Å²) in [5.41, 5.74) is 0. The Kier molecular flexibility index (Phi) is 10.4. The van der Waals surface area contributed by atoms with Crippen LogP contribution in [-0.4, -0.2) is 16.5 Å². The Morgan fingerprint density at radius 3 is 0.636 bits per heavy atom. The molecule has 0 heterocycles. The molecule has 0 fully saturated rings. The second-order valence-corrected chi connectivity index (χ2v) is 13.5. The molecule has 0 saturated heterocycles. The molecule has 0 unspecified atom stereocenters. The third kappa shape index (κ3) is 1120. The second kappa shape index (κ2) is 6.40. The van der Waals surface area contributed by atoms with Crippen molar-refractivity contribution in [3.05, 3.63) is 10.8 Å². The molecule has 69 valence electrons. The van der Waals surface area contributed by atoms with Crippen LogP contribution in [0.25, 0.3) is 10.8 Å². The summed E-state index contributed by atoms with van der Waals surface area (Å²) in [5, 5.41) is 14.2. The first-order chi connectivity index (χ1) is 4.00. The molecule has 0 aromatic heterocycles. The molecule has 0 aliphatic carbocycles. The van der Waals surface area contributed by atoms with Crippen molar-refractivity contribution in [2.45, 2.75) is 39.3 Å². The van der Waals surface area contributed by atoms with Gasteiger partial charge in [0, 0.05) is 0 Å². The molecule has 0 saturated carbocycles. The van der Waals surface area contributed by atoms with Gasteiger partial charge in [0.15, 0.2) is 0 Å². The monoisotopic (exact) mass is 231 g/mol. The molecule has 2 N–H and O–H groups in total. The molecule has 0 aliphatic rings. The van der Waals surface area contributed by atoms with E-state index in [-0.39, 0.29) is 17.1 Å². The van der Waals surface area contributed by atoms with Gasteiger partial charge in [-0.05, 0) is 0 Å². The Balaban J connectivity index is -0.000000107. The maximum Gasteiger partial charge on any atom is 2.00 e. The fraction of sp³-hybridized carbons (Fsp3) is 1.00. The van der Waals surface area contributed by atoms with Gasteiger partial charge in [-0.25, -0.2) is 0 Å². The largest absolute Gasteiger partial charge is 2.00 e. The van der Waals surface area contributed by atoms with Gasteiger partial charge in [0.05, 0.1) is 0 Å². The predicted octanol–water partition coefficient (Wildman–Crippen LogP) is 3.74. The summed E-state index contributed by atoms with van der Waals surface area (Å²) in [7, 11) is -2.72. The molecule has 11 heavy (non-hydrogen) atoms. The standard InChI is InChI=1S/2C3H10NSi.Mn/c2*1-5(2,3)4;/h2*4H,1-3H3;/q2*-1;+2. The Bertz CT molecular complexity index is 61.6.